The van der Waals surface area contributed by atoms with Crippen LogP contribution in [0.5, 0.6) is 0 Å². The Labute approximate surface area is 69.4 Å². The Morgan fingerprint density at radius 3 is 2.82 bits per heavy atom. The second-order valence-electron chi connectivity index (χ2n) is 2.14. The third-order valence-electron chi connectivity index (χ3n) is 1.26. The summed E-state index contributed by atoms with van der Waals surface area (Å²) in [6.45, 7) is 0. The molecule has 11 heavy (non-hydrogen) atoms. The Morgan fingerprint density at radius 2 is 2.36 bits per heavy atom. The fourth-order valence-electron chi connectivity index (χ4n) is 0.675. The Kier molecular flexibility index (Phi) is 2.15. The van der Waals surface area contributed by atoms with Gasteiger partial charge in [-0.05, 0) is 6.07 Å². The van der Waals surface area contributed by atoms with Gasteiger partial charge in [-0.3, -0.25) is 0 Å². The zero-order valence-electron chi connectivity index (χ0n) is 5.84. The van der Waals surface area contributed by atoms with Gasteiger partial charge in [0.1, 0.15) is 13.0 Å². The second kappa shape index (κ2) is 2.92. The topological polar surface area (TPSA) is 50.2 Å². The van der Waals surface area contributed by atoms with Crippen LogP contribution in [0.4, 0.5) is 0 Å². The van der Waals surface area contributed by atoms with E-state index in [4.69, 9.17) is 16.7 Å². The van der Waals surface area contributed by atoms with Crippen molar-refractivity contribution < 1.29 is 9.90 Å². The number of aromatic nitrogens is 1. The highest BCUT2D eigenvalue weighted by atomic mass is 35.5. The van der Waals surface area contributed by atoms with Gasteiger partial charge in [-0.15, -0.1) is 0 Å². The first-order valence-electron chi connectivity index (χ1n) is 2.96. The molecule has 3 nitrogen and oxygen atoms in total. The second-order valence-corrected chi connectivity index (χ2v) is 2.49. The van der Waals surface area contributed by atoms with Crippen LogP contribution in [0, 0.1) is 0 Å². The molecule has 1 aromatic rings. The molecular formula is C6H5BClNO2. The van der Waals surface area contributed by atoms with Crippen LogP contribution in [-0.2, 0) is 0 Å². The maximum absolute atomic E-state index is 10.4. The molecule has 1 heterocycles. The molecule has 1 aromatic heterocycles. The van der Waals surface area contributed by atoms with Crippen LogP contribution in [-0.4, -0.2) is 23.9 Å². The number of nitrogens with zero attached hydrogens (tertiary/aromatic N) is 1. The largest absolute Gasteiger partial charge is 0.478 e. The lowest BCUT2D eigenvalue weighted by atomic mass is 9.97. The minimum atomic E-state index is -0.989. The number of halogens is 1. The minimum absolute atomic E-state index is 0.159. The zero-order chi connectivity index (χ0) is 8.43. The quantitative estimate of drug-likeness (QED) is 0.463. The summed E-state index contributed by atoms with van der Waals surface area (Å²) in [5, 5.41) is 8.86. The van der Waals surface area contributed by atoms with E-state index < -0.39 is 5.97 Å². The number of hydrogen-bond acceptors (Lipinski definition) is 2. The van der Waals surface area contributed by atoms with Gasteiger partial charge in [-0.25, -0.2) is 9.78 Å². The molecule has 0 amide bonds. The lowest BCUT2D eigenvalue weighted by Gasteiger charge is -1.97. The van der Waals surface area contributed by atoms with Crippen LogP contribution in [0.15, 0.2) is 12.3 Å². The molecule has 0 fully saturated rings. The van der Waals surface area contributed by atoms with Crippen molar-refractivity contribution >= 4 is 30.9 Å². The lowest BCUT2D eigenvalue weighted by molar-refractivity contribution is 0.0696. The van der Waals surface area contributed by atoms with E-state index in [1.54, 1.807) is 7.85 Å². The minimum Gasteiger partial charge on any atom is -0.478 e. The van der Waals surface area contributed by atoms with Crippen molar-refractivity contribution in [2.24, 2.45) is 0 Å². The van der Waals surface area contributed by atoms with Crippen molar-refractivity contribution in [2.45, 2.75) is 0 Å². The van der Waals surface area contributed by atoms with E-state index in [2.05, 4.69) is 4.98 Å². The number of aromatic carboxylic acids is 1. The normalized spacial score (nSPS) is 9.55. The molecule has 0 unspecified atom stereocenters. The fraction of sp³-hybridized carbons (Fsp3) is 0. The van der Waals surface area contributed by atoms with E-state index >= 15 is 0 Å². The Balaban J connectivity index is 3.15. The summed E-state index contributed by atoms with van der Waals surface area (Å²) in [6, 6.07) is 1.48. The maximum Gasteiger partial charge on any atom is 0.337 e. The molecule has 0 bridgehead atoms. The highest BCUT2D eigenvalue weighted by Gasteiger charge is 2.04. The van der Waals surface area contributed by atoms with Crippen molar-refractivity contribution in [3.8, 4) is 0 Å². The molecule has 5 heteroatoms. The van der Waals surface area contributed by atoms with Crippen LogP contribution in [0.2, 0.25) is 5.15 Å². The van der Waals surface area contributed by atoms with E-state index in [1.807, 2.05) is 0 Å². The number of carbonyl (C=O) groups is 1. The van der Waals surface area contributed by atoms with Gasteiger partial charge in [0.2, 0.25) is 0 Å². The predicted octanol–water partition coefficient (Wildman–Crippen LogP) is -0.308. The molecule has 1 rings (SSSR count). The number of carboxylic acid groups (broad SMARTS) is 1. The summed E-state index contributed by atoms with van der Waals surface area (Å²) in [4.78, 5) is 14.1. The van der Waals surface area contributed by atoms with Crippen molar-refractivity contribution in [3.05, 3.63) is 23.0 Å². The van der Waals surface area contributed by atoms with Gasteiger partial charge in [-0.2, -0.15) is 0 Å². The monoisotopic (exact) mass is 169 g/mol. The average molecular weight is 169 g/mol. The first kappa shape index (κ1) is 8.08. The third-order valence-corrected chi connectivity index (χ3v) is 1.66. The van der Waals surface area contributed by atoms with Crippen molar-refractivity contribution in [1.29, 1.82) is 0 Å². The molecule has 0 saturated heterocycles. The van der Waals surface area contributed by atoms with Crippen LogP contribution >= 0.6 is 11.6 Å². The molecular weight excluding hydrogens is 164 g/mol. The molecule has 56 valence electrons. The van der Waals surface area contributed by atoms with E-state index in [-0.39, 0.29) is 5.56 Å². The molecule has 0 spiro atoms. The van der Waals surface area contributed by atoms with Crippen LogP contribution < -0.4 is 5.46 Å². The first-order valence-corrected chi connectivity index (χ1v) is 3.34. The Bertz CT molecular complexity index is 303. The van der Waals surface area contributed by atoms with E-state index in [0.717, 1.165) is 0 Å². The lowest BCUT2D eigenvalue weighted by Crippen LogP contribution is -2.10. The molecule has 0 aromatic carbocycles. The van der Waals surface area contributed by atoms with Gasteiger partial charge in [0, 0.05) is 6.20 Å². The standard InChI is InChI=1S/C6H5BClNO2/c7-4-1-3(6(10)11)2-9-5(4)8/h1-2H,7H2,(H,10,11). The summed E-state index contributed by atoms with van der Waals surface area (Å²) in [5.74, 6) is -0.989. The SMILES string of the molecule is Bc1cc(C(=O)O)cnc1Cl. The first-order chi connectivity index (χ1) is 5.11. The molecule has 0 aliphatic heterocycles. The summed E-state index contributed by atoms with van der Waals surface area (Å²) >= 11 is 5.58. The number of hydrogen-bond donors (Lipinski definition) is 1. The number of pyridine rings is 1. The summed E-state index contributed by atoms with van der Waals surface area (Å²) in [7, 11) is 1.71. The van der Waals surface area contributed by atoms with Gasteiger partial charge in [-0.1, -0.05) is 17.1 Å². The predicted molar refractivity (Wildman–Crippen MR) is 44.4 cm³/mol. The highest BCUT2D eigenvalue weighted by molar-refractivity contribution is 6.44. The summed E-state index contributed by atoms with van der Waals surface area (Å²) < 4.78 is 0. The summed E-state index contributed by atoms with van der Waals surface area (Å²) in [5.41, 5.74) is 0.832. The Morgan fingerprint density at radius 1 is 1.73 bits per heavy atom. The maximum atomic E-state index is 10.4. The molecule has 1 N–H and O–H groups in total. The number of carboxylic acids is 1. The van der Waals surface area contributed by atoms with Crippen LogP contribution in [0.1, 0.15) is 10.4 Å². The number of rotatable bonds is 1. The molecule has 0 aliphatic carbocycles. The van der Waals surface area contributed by atoms with Crippen LogP contribution in [0.25, 0.3) is 0 Å². The van der Waals surface area contributed by atoms with E-state index in [1.165, 1.54) is 12.3 Å². The van der Waals surface area contributed by atoms with E-state index in [9.17, 15) is 4.79 Å². The third kappa shape index (κ3) is 1.71. The van der Waals surface area contributed by atoms with E-state index in [0.29, 0.717) is 10.6 Å². The van der Waals surface area contributed by atoms with Gasteiger partial charge in [0.05, 0.1) is 5.56 Å². The van der Waals surface area contributed by atoms with Gasteiger partial charge >= 0.3 is 5.97 Å². The van der Waals surface area contributed by atoms with Crippen molar-refractivity contribution in [3.63, 3.8) is 0 Å². The smallest absolute Gasteiger partial charge is 0.337 e. The molecule has 0 saturated carbocycles. The zero-order valence-corrected chi connectivity index (χ0v) is 6.59. The Hall–Kier alpha value is -1.03. The van der Waals surface area contributed by atoms with Gasteiger partial charge in [0.25, 0.3) is 0 Å². The van der Waals surface area contributed by atoms with Crippen molar-refractivity contribution in [1.82, 2.24) is 4.98 Å². The van der Waals surface area contributed by atoms with Crippen molar-refractivity contribution in [2.75, 3.05) is 0 Å². The van der Waals surface area contributed by atoms with Gasteiger partial charge < -0.3 is 5.11 Å². The summed E-state index contributed by atoms with van der Waals surface area (Å²) in [6.07, 6.45) is 1.23. The molecule has 0 radical (unpaired) electrons. The van der Waals surface area contributed by atoms with Gasteiger partial charge in [0.15, 0.2) is 0 Å². The fourth-order valence-corrected chi connectivity index (χ4v) is 0.778. The molecule has 0 aliphatic rings. The molecule has 0 atom stereocenters. The van der Waals surface area contributed by atoms with Crippen LogP contribution in [0.3, 0.4) is 0 Å². The average Bonchev–Trinajstić information content (AvgIpc) is 1.94. The highest BCUT2D eigenvalue weighted by Crippen LogP contribution is 2.01.